The largest absolute Gasteiger partial charge is 0.493 e. The summed E-state index contributed by atoms with van der Waals surface area (Å²) in [5, 5.41) is 3.44. The third-order valence-electron chi connectivity index (χ3n) is 3.80. The zero-order chi connectivity index (χ0) is 14.4. The average Bonchev–Trinajstić information content (AvgIpc) is 3.30. The van der Waals surface area contributed by atoms with E-state index in [2.05, 4.69) is 37.4 Å². The zero-order valence-electron chi connectivity index (χ0n) is 12.9. The number of para-hydroxylation sites is 1. The van der Waals surface area contributed by atoms with Crippen LogP contribution in [-0.2, 0) is 4.74 Å². The molecule has 1 aliphatic carbocycles. The van der Waals surface area contributed by atoms with Crippen molar-refractivity contribution in [2.75, 3.05) is 20.3 Å². The lowest BCUT2D eigenvalue weighted by Crippen LogP contribution is -2.33. The van der Waals surface area contributed by atoms with Crippen molar-refractivity contribution in [3.05, 3.63) is 29.8 Å². The summed E-state index contributed by atoms with van der Waals surface area (Å²) in [5.74, 6) is 1.67. The standard InChI is InChI=1S/C17H27NO2/c1-4-12-20-15-9-7-6-8-14(15)16(18-3)17(19-5-2)13-10-11-13/h6-9,13,16-18H,4-5,10-12H2,1-3H3. The van der Waals surface area contributed by atoms with Gasteiger partial charge in [-0.25, -0.2) is 0 Å². The van der Waals surface area contributed by atoms with Gasteiger partial charge >= 0.3 is 0 Å². The van der Waals surface area contributed by atoms with Crippen molar-refractivity contribution in [1.29, 1.82) is 0 Å². The first-order valence-corrected chi connectivity index (χ1v) is 7.82. The van der Waals surface area contributed by atoms with Crippen LogP contribution in [0.25, 0.3) is 0 Å². The normalized spacial score (nSPS) is 17.8. The minimum atomic E-state index is 0.204. The van der Waals surface area contributed by atoms with Crippen LogP contribution >= 0.6 is 0 Å². The number of nitrogens with one attached hydrogen (secondary N) is 1. The maximum Gasteiger partial charge on any atom is 0.124 e. The first kappa shape index (κ1) is 15.3. The Morgan fingerprint density at radius 2 is 2.00 bits per heavy atom. The van der Waals surface area contributed by atoms with Crippen LogP contribution in [0.3, 0.4) is 0 Å². The zero-order valence-corrected chi connectivity index (χ0v) is 12.9. The van der Waals surface area contributed by atoms with Gasteiger partial charge in [-0.05, 0) is 45.2 Å². The van der Waals surface area contributed by atoms with Gasteiger partial charge in [0.05, 0.1) is 18.8 Å². The summed E-state index contributed by atoms with van der Waals surface area (Å²) >= 11 is 0. The number of hydrogen-bond acceptors (Lipinski definition) is 3. The highest BCUT2D eigenvalue weighted by molar-refractivity contribution is 5.37. The molecule has 1 saturated carbocycles. The molecule has 3 nitrogen and oxygen atoms in total. The van der Waals surface area contributed by atoms with E-state index in [1.807, 2.05) is 13.1 Å². The molecular formula is C17H27NO2. The SMILES string of the molecule is CCCOc1ccccc1C(NC)C(OCC)C1CC1. The Kier molecular flexibility index (Phi) is 5.86. The molecule has 0 aromatic heterocycles. The fourth-order valence-corrected chi connectivity index (χ4v) is 2.70. The highest BCUT2D eigenvalue weighted by Gasteiger charge is 2.38. The van der Waals surface area contributed by atoms with Crippen molar-refractivity contribution >= 4 is 0 Å². The maximum atomic E-state index is 6.01. The van der Waals surface area contributed by atoms with Crippen LogP contribution in [-0.4, -0.2) is 26.4 Å². The number of hydrogen-bond donors (Lipinski definition) is 1. The Balaban J connectivity index is 2.20. The molecule has 1 aliphatic rings. The van der Waals surface area contributed by atoms with E-state index in [0.717, 1.165) is 25.4 Å². The number of rotatable bonds is 9. The van der Waals surface area contributed by atoms with Gasteiger partial charge in [-0.15, -0.1) is 0 Å². The van der Waals surface area contributed by atoms with Gasteiger partial charge in [0.25, 0.3) is 0 Å². The molecule has 1 aromatic carbocycles. The smallest absolute Gasteiger partial charge is 0.124 e. The van der Waals surface area contributed by atoms with Crippen LogP contribution < -0.4 is 10.1 Å². The summed E-state index contributed by atoms with van der Waals surface area (Å²) in [6.07, 6.45) is 3.83. The summed E-state index contributed by atoms with van der Waals surface area (Å²) < 4.78 is 11.9. The Bertz CT molecular complexity index is 404. The van der Waals surface area contributed by atoms with Crippen LogP contribution in [0.5, 0.6) is 5.75 Å². The maximum absolute atomic E-state index is 6.01. The van der Waals surface area contributed by atoms with E-state index in [1.54, 1.807) is 0 Å². The molecule has 3 heteroatoms. The fourth-order valence-electron chi connectivity index (χ4n) is 2.70. The lowest BCUT2D eigenvalue weighted by Gasteiger charge is -2.28. The van der Waals surface area contributed by atoms with E-state index < -0.39 is 0 Å². The van der Waals surface area contributed by atoms with Crippen molar-refractivity contribution in [2.45, 2.75) is 45.3 Å². The molecule has 2 unspecified atom stereocenters. The second kappa shape index (κ2) is 7.65. The van der Waals surface area contributed by atoms with Gasteiger partial charge in [-0.3, -0.25) is 0 Å². The van der Waals surface area contributed by atoms with Crippen molar-refractivity contribution in [1.82, 2.24) is 5.32 Å². The molecule has 0 bridgehead atoms. The van der Waals surface area contributed by atoms with Crippen molar-refractivity contribution < 1.29 is 9.47 Å². The third-order valence-corrected chi connectivity index (χ3v) is 3.80. The highest BCUT2D eigenvalue weighted by Crippen LogP contribution is 2.41. The van der Waals surface area contributed by atoms with Gasteiger partial charge in [-0.2, -0.15) is 0 Å². The van der Waals surface area contributed by atoms with E-state index in [1.165, 1.54) is 18.4 Å². The van der Waals surface area contributed by atoms with Crippen LogP contribution in [0.1, 0.15) is 44.7 Å². The molecule has 0 spiro atoms. The molecule has 1 aromatic rings. The molecule has 2 atom stereocenters. The van der Waals surface area contributed by atoms with E-state index in [0.29, 0.717) is 5.92 Å². The van der Waals surface area contributed by atoms with E-state index >= 15 is 0 Å². The summed E-state index contributed by atoms with van der Waals surface area (Å²) in [4.78, 5) is 0. The first-order valence-electron chi connectivity index (χ1n) is 7.82. The summed E-state index contributed by atoms with van der Waals surface area (Å²) in [6, 6.07) is 8.53. The molecule has 20 heavy (non-hydrogen) atoms. The molecule has 0 saturated heterocycles. The van der Waals surface area contributed by atoms with Gasteiger partial charge < -0.3 is 14.8 Å². The quantitative estimate of drug-likeness (QED) is 0.749. The molecule has 112 valence electrons. The molecule has 1 N–H and O–H groups in total. The second-order valence-corrected chi connectivity index (χ2v) is 5.41. The van der Waals surface area contributed by atoms with Gasteiger partial charge in [0.2, 0.25) is 0 Å². The van der Waals surface area contributed by atoms with Crippen LogP contribution in [0.2, 0.25) is 0 Å². The number of likely N-dealkylation sites (N-methyl/N-ethyl adjacent to an activating group) is 1. The van der Waals surface area contributed by atoms with Crippen molar-refractivity contribution in [3.8, 4) is 5.75 Å². The summed E-state index contributed by atoms with van der Waals surface area (Å²) in [6.45, 7) is 5.72. The lowest BCUT2D eigenvalue weighted by atomic mass is 9.97. The van der Waals surface area contributed by atoms with Crippen molar-refractivity contribution in [3.63, 3.8) is 0 Å². The Morgan fingerprint density at radius 1 is 1.25 bits per heavy atom. The number of benzene rings is 1. The van der Waals surface area contributed by atoms with Gasteiger partial charge in [-0.1, -0.05) is 25.1 Å². The molecular weight excluding hydrogens is 250 g/mol. The van der Waals surface area contributed by atoms with Crippen molar-refractivity contribution in [2.24, 2.45) is 5.92 Å². The Labute approximate surface area is 122 Å². The topological polar surface area (TPSA) is 30.5 Å². The first-order chi connectivity index (χ1) is 9.81. The highest BCUT2D eigenvalue weighted by atomic mass is 16.5. The minimum Gasteiger partial charge on any atom is -0.493 e. The second-order valence-electron chi connectivity index (χ2n) is 5.41. The minimum absolute atomic E-state index is 0.204. The van der Waals surface area contributed by atoms with Crippen LogP contribution in [0.4, 0.5) is 0 Å². The monoisotopic (exact) mass is 277 g/mol. The Morgan fingerprint density at radius 3 is 2.60 bits per heavy atom. The van der Waals surface area contributed by atoms with Crippen LogP contribution in [0.15, 0.2) is 24.3 Å². The molecule has 0 radical (unpaired) electrons. The van der Waals surface area contributed by atoms with Gasteiger partial charge in [0.1, 0.15) is 5.75 Å². The Hall–Kier alpha value is -1.06. The summed E-state index contributed by atoms with van der Waals surface area (Å²) in [5.41, 5.74) is 1.22. The number of ether oxygens (including phenoxy) is 2. The van der Waals surface area contributed by atoms with Crippen LogP contribution in [0, 0.1) is 5.92 Å². The van der Waals surface area contributed by atoms with Gasteiger partial charge in [0, 0.05) is 12.2 Å². The molecule has 2 rings (SSSR count). The molecule has 1 fully saturated rings. The van der Waals surface area contributed by atoms with E-state index in [-0.39, 0.29) is 12.1 Å². The molecule has 0 heterocycles. The molecule has 0 aliphatic heterocycles. The van der Waals surface area contributed by atoms with E-state index in [9.17, 15) is 0 Å². The van der Waals surface area contributed by atoms with E-state index in [4.69, 9.17) is 9.47 Å². The fraction of sp³-hybridized carbons (Fsp3) is 0.647. The summed E-state index contributed by atoms with van der Waals surface area (Å²) in [7, 11) is 2.01. The lowest BCUT2D eigenvalue weighted by molar-refractivity contribution is 0.0198. The molecule has 0 amide bonds. The van der Waals surface area contributed by atoms with Gasteiger partial charge in [0.15, 0.2) is 0 Å². The predicted molar refractivity (Wildman–Crippen MR) is 82.2 cm³/mol. The predicted octanol–water partition coefficient (Wildman–Crippen LogP) is 3.55. The third kappa shape index (κ3) is 3.74. The average molecular weight is 277 g/mol.